The van der Waals surface area contributed by atoms with Gasteiger partial charge in [-0.15, -0.1) is 5.10 Å². The van der Waals surface area contributed by atoms with Gasteiger partial charge in [0.15, 0.2) is 0 Å². The van der Waals surface area contributed by atoms with E-state index in [4.69, 9.17) is 5.11 Å². The lowest BCUT2D eigenvalue weighted by Gasteiger charge is -2.11. The van der Waals surface area contributed by atoms with Gasteiger partial charge in [-0.25, -0.2) is 9.07 Å². The van der Waals surface area contributed by atoms with Gasteiger partial charge in [-0.2, -0.15) is 0 Å². The zero-order valence-corrected chi connectivity index (χ0v) is 10.8. The Morgan fingerprint density at radius 2 is 1.90 bits per heavy atom. The fraction of sp³-hybridized carbons (Fsp3) is 0.385. The summed E-state index contributed by atoms with van der Waals surface area (Å²) in [6.45, 7) is -0.573. The predicted molar refractivity (Wildman–Crippen MR) is 68.2 cm³/mol. The molecule has 2 aromatic rings. The van der Waals surface area contributed by atoms with Crippen LogP contribution in [0.25, 0.3) is 0 Å². The molecule has 108 valence electrons. The third-order valence-electron chi connectivity index (χ3n) is 2.95. The Bertz CT molecular complexity index is 556. The minimum absolute atomic E-state index is 0.0834. The summed E-state index contributed by atoms with van der Waals surface area (Å²) in [5.74, 6) is -0.321. The molecule has 0 fully saturated rings. The molecule has 0 aliphatic heterocycles. The molecule has 1 aromatic heterocycles. The number of halogens is 1. The van der Waals surface area contributed by atoms with Crippen LogP contribution in [-0.4, -0.2) is 43.0 Å². The first-order valence-corrected chi connectivity index (χ1v) is 6.19. The van der Waals surface area contributed by atoms with Crippen LogP contribution in [0.1, 0.15) is 17.0 Å². The van der Waals surface area contributed by atoms with E-state index in [0.717, 1.165) is 5.56 Å². The van der Waals surface area contributed by atoms with Gasteiger partial charge in [0.1, 0.15) is 11.5 Å². The Labute approximate surface area is 115 Å². The van der Waals surface area contributed by atoms with Crippen LogP contribution in [0.15, 0.2) is 24.3 Å². The SMILES string of the molecule is OCc1nnn(CC(O)CO)c1Cc1ccc(F)cc1. The lowest BCUT2D eigenvalue weighted by atomic mass is 10.1. The van der Waals surface area contributed by atoms with Gasteiger partial charge < -0.3 is 15.3 Å². The maximum Gasteiger partial charge on any atom is 0.123 e. The summed E-state index contributed by atoms with van der Waals surface area (Å²) in [5, 5.41) is 35.3. The highest BCUT2D eigenvalue weighted by molar-refractivity contribution is 5.24. The second-order valence-corrected chi connectivity index (χ2v) is 4.46. The van der Waals surface area contributed by atoms with Crippen LogP contribution in [-0.2, 0) is 19.6 Å². The number of aliphatic hydroxyl groups is 3. The molecular weight excluding hydrogens is 265 g/mol. The second-order valence-electron chi connectivity index (χ2n) is 4.46. The van der Waals surface area contributed by atoms with Crippen molar-refractivity contribution in [2.75, 3.05) is 6.61 Å². The molecule has 1 heterocycles. The van der Waals surface area contributed by atoms with Gasteiger partial charge >= 0.3 is 0 Å². The van der Waals surface area contributed by atoms with Crippen LogP contribution >= 0.6 is 0 Å². The number of aliphatic hydroxyl groups excluding tert-OH is 3. The third kappa shape index (κ3) is 3.38. The molecule has 0 saturated carbocycles. The monoisotopic (exact) mass is 281 g/mol. The molecule has 7 heteroatoms. The number of hydrogen-bond donors (Lipinski definition) is 3. The van der Waals surface area contributed by atoms with Gasteiger partial charge in [0.2, 0.25) is 0 Å². The average molecular weight is 281 g/mol. The molecule has 0 radical (unpaired) electrons. The second kappa shape index (κ2) is 6.56. The maximum absolute atomic E-state index is 12.9. The van der Waals surface area contributed by atoms with E-state index in [1.54, 1.807) is 12.1 Å². The van der Waals surface area contributed by atoms with Crippen LogP contribution < -0.4 is 0 Å². The normalized spacial score (nSPS) is 12.6. The first kappa shape index (κ1) is 14.6. The molecular formula is C13H16FN3O3. The fourth-order valence-corrected chi connectivity index (χ4v) is 1.88. The quantitative estimate of drug-likeness (QED) is 0.685. The Balaban J connectivity index is 2.24. The van der Waals surface area contributed by atoms with Crippen molar-refractivity contribution >= 4 is 0 Å². The average Bonchev–Trinajstić information content (AvgIpc) is 2.83. The number of aromatic nitrogens is 3. The smallest absolute Gasteiger partial charge is 0.123 e. The summed E-state index contributed by atoms with van der Waals surface area (Å²) in [6, 6.07) is 5.97. The lowest BCUT2D eigenvalue weighted by molar-refractivity contribution is 0.0771. The van der Waals surface area contributed by atoms with E-state index in [1.807, 2.05) is 0 Å². The number of nitrogens with zero attached hydrogens (tertiary/aromatic N) is 3. The summed E-state index contributed by atoms with van der Waals surface area (Å²) in [5.41, 5.74) is 1.87. The minimum Gasteiger partial charge on any atom is -0.394 e. The van der Waals surface area contributed by atoms with Crippen molar-refractivity contribution in [3.63, 3.8) is 0 Å². The molecule has 2 rings (SSSR count). The molecule has 1 unspecified atom stereocenters. The summed E-state index contributed by atoms with van der Waals surface area (Å²) in [4.78, 5) is 0. The highest BCUT2D eigenvalue weighted by atomic mass is 19.1. The van der Waals surface area contributed by atoms with Gasteiger partial charge in [0.05, 0.1) is 31.6 Å². The molecule has 0 aliphatic rings. The molecule has 0 aliphatic carbocycles. The molecule has 0 spiro atoms. The highest BCUT2D eigenvalue weighted by Crippen LogP contribution is 2.14. The largest absolute Gasteiger partial charge is 0.394 e. The molecule has 0 bridgehead atoms. The molecule has 1 aromatic carbocycles. The Kier molecular flexibility index (Phi) is 4.78. The van der Waals surface area contributed by atoms with E-state index in [0.29, 0.717) is 17.8 Å². The van der Waals surface area contributed by atoms with E-state index in [-0.39, 0.29) is 25.6 Å². The molecule has 20 heavy (non-hydrogen) atoms. The summed E-state index contributed by atoms with van der Waals surface area (Å²) in [6.07, 6.45) is -0.545. The van der Waals surface area contributed by atoms with Crippen molar-refractivity contribution in [2.24, 2.45) is 0 Å². The fourth-order valence-electron chi connectivity index (χ4n) is 1.88. The van der Waals surface area contributed by atoms with Crippen LogP contribution in [0.2, 0.25) is 0 Å². The topological polar surface area (TPSA) is 91.4 Å². The Morgan fingerprint density at radius 1 is 1.20 bits per heavy atom. The van der Waals surface area contributed by atoms with Crippen LogP contribution in [0.3, 0.4) is 0 Å². The molecule has 1 atom stereocenters. The van der Waals surface area contributed by atoms with Crippen molar-refractivity contribution in [2.45, 2.75) is 25.7 Å². The van der Waals surface area contributed by atoms with Gasteiger partial charge in [-0.3, -0.25) is 0 Å². The maximum atomic E-state index is 12.9. The van der Waals surface area contributed by atoms with Crippen LogP contribution in [0, 0.1) is 5.82 Å². The van der Waals surface area contributed by atoms with Crippen molar-refractivity contribution < 1.29 is 19.7 Å². The first-order valence-electron chi connectivity index (χ1n) is 6.19. The predicted octanol–water partition coefficient (Wildman–Crippen LogP) is -0.147. The summed E-state index contributed by atoms with van der Waals surface area (Å²) in [7, 11) is 0. The van der Waals surface area contributed by atoms with Crippen molar-refractivity contribution in [3.8, 4) is 0 Å². The highest BCUT2D eigenvalue weighted by Gasteiger charge is 2.15. The van der Waals surface area contributed by atoms with Crippen molar-refractivity contribution in [1.29, 1.82) is 0 Å². The van der Waals surface area contributed by atoms with E-state index in [1.165, 1.54) is 16.8 Å². The van der Waals surface area contributed by atoms with E-state index < -0.39 is 6.10 Å². The number of rotatable bonds is 6. The van der Waals surface area contributed by atoms with Crippen LogP contribution in [0.5, 0.6) is 0 Å². The summed E-state index contributed by atoms with van der Waals surface area (Å²) < 4.78 is 14.3. The van der Waals surface area contributed by atoms with E-state index in [2.05, 4.69) is 10.3 Å². The zero-order valence-electron chi connectivity index (χ0n) is 10.8. The Morgan fingerprint density at radius 3 is 2.50 bits per heavy atom. The minimum atomic E-state index is -0.949. The molecule has 0 saturated heterocycles. The van der Waals surface area contributed by atoms with Gasteiger partial charge in [0, 0.05) is 6.42 Å². The van der Waals surface area contributed by atoms with Gasteiger partial charge in [-0.1, -0.05) is 17.3 Å². The standard InChI is InChI=1S/C13H16FN3O3/c14-10-3-1-9(2-4-10)5-13-12(8-19)15-16-17(13)6-11(20)7-18/h1-4,11,18-20H,5-8H2. The Hall–Kier alpha value is -1.83. The molecule has 3 N–H and O–H groups in total. The summed E-state index contributed by atoms with van der Waals surface area (Å²) >= 11 is 0. The van der Waals surface area contributed by atoms with Crippen molar-refractivity contribution in [3.05, 3.63) is 47.0 Å². The van der Waals surface area contributed by atoms with Gasteiger partial charge in [0.25, 0.3) is 0 Å². The van der Waals surface area contributed by atoms with E-state index >= 15 is 0 Å². The molecule has 0 amide bonds. The molecule has 6 nitrogen and oxygen atoms in total. The first-order chi connectivity index (χ1) is 9.63. The van der Waals surface area contributed by atoms with Crippen LogP contribution in [0.4, 0.5) is 4.39 Å². The van der Waals surface area contributed by atoms with Gasteiger partial charge in [-0.05, 0) is 17.7 Å². The number of benzene rings is 1. The van der Waals surface area contributed by atoms with Crippen molar-refractivity contribution in [1.82, 2.24) is 15.0 Å². The zero-order chi connectivity index (χ0) is 14.5. The lowest BCUT2D eigenvalue weighted by Crippen LogP contribution is -2.22. The third-order valence-corrected chi connectivity index (χ3v) is 2.95. The number of hydrogen-bond acceptors (Lipinski definition) is 5. The van der Waals surface area contributed by atoms with E-state index in [9.17, 15) is 14.6 Å².